The van der Waals surface area contributed by atoms with Crippen LogP contribution in [0, 0.1) is 40.4 Å². The molecule has 30 heavy (non-hydrogen) atoms. The van der Waals surface area contributed by atoms with Crippen LogP contribution in [0.4, 0.5) is 0 Å². The van der Waals surface area contributed by atoms with Crippen LogP contribution in [-0.2, 0) is 9.78 Å². The molecule has 3 nitrogen and oxygen atoms in total. The Balaban J connectivity index is 1.42. The molecule has 6 aliphatic rings. The first kappa shape index (κ1) is 21.5. The fourth-order valence-electron chi connectivity index (χ4n) is 9.12. The topological polar surface area (TPSA) is 38.7 Å². The third-order valence-corrected chi connectivity index (χ3v) is 10.8. The maximum atomic E-state index is 10.4. The van der Waals surface area contributed by atoms with Crippen LogP contribution in [0.2, 0.25) is 0 Å². The molecule has 0 aromatic carbocycles. The minimum Gasteiger partial charge on any atom is -0.393 e. The predicted molar refractivity (Wildman–Crippen MR) is 120 cm³/mol. The van der Waals surface area contributed by atoms with E-state index in [1.54, 1.807) is 0 Å². The van der Waals surface area contributed by atoms with Crippen LogP contribution in [0.25, 0.3) is 0 Å². The van der Waals surface area contributed by atoms with Gasteiger partial charge in [-0.15, -0.1) is 0 Å². The number of fused-ring (bicyclic) bond motifs is 2. The van der Waals surface area contributed by atoms with Gasteiger partial charge in [0.1, 0.15) is 11.2 Å². The van der Waals surface area contributed by atoms with E-state index in [2.05, 4.69) is 46.8 Å². The van der Waals surface area contributed by atoms with E-state index >= 15 is 0 Å². The van der Waals surface area contributed by atoms with E-state index in [9.17, 15) is 5.11 Å². The first-order chi connectivity index (χ1) is 14.2. The van der Waals surface area contributed by atoms with Gasteiger partial charge >= 0.3 is 0 Å². The molecule has 6 rings (SSSR count). The molecule has 2 spiro atoms. The molecule has 3 saturated carbocycles. The molecule has 4 fully saturated rings. The van der Waals surface area contributed by atoms with E-state index < -0.39 is 5.60 Å². The molecule has 2 bridgehead atoms. The molecule has 4 aliphatic carbocycles. The van der Waals surface area contributed by atoms with Gasteiger partial charge in [-0.2, -0.15) is 0 Å². The summed E-state index contributed by atoms with van der Waals surface area (Å²) < 4.78 is 0. The Morgan fingerprint density at radius 2 is 1.73 bits per heavy atom. The fourth-order valence-corrected chi connectivity index (χ4v) is 9.12. The molecule has 0 aromatic rings. The van der Waals surface area contributed by atoms with Gasteiger partial charge in [0.05, 0.1) is 6.10 Å². The molecule has 1 N–H and O–H groups in total. The highest BCUT2D eigenvalue weighted by molar-refractivity contribution is 5.33. The lowest BCUT2D eigenvalue weighted by molar-refractivity contribution is -0.497. The molecule has 0 radical (unpaired) electrons. The van der Waals surface area contributed by atoms with Gasteiger partial charge in [0.25, 0.3) is 0 Å². The fraction of sp³-hybridized carbons (Fsp3) is 0.926. The standard InChI is InChI=1S/C27H44O3/c1-18(2)7-6-8-19(3)21-9-10-22-24(21,4)13-12-23-25(5)14-11-20(28)17-26(25)15-16-27(22,23)30-29-26/h15-16,18-23,28H,6-14,17H2,1-5H3/t19-,20+,21?,22?,23?,24-,25-,26-,27+/m1/s1. The van der Waals surface area contributed by atoms with E-state index in [-0.39, 0.29) is 17.1 Å². The van der Waals surface area contributed by atoms with Crippen molar-refractivity contribution in [2.45, 2.75) is 116 Å². The zero-order valence-electron chi connectivity index (χ0n) is 20.0. The Morgan fingerprint density at radius 3 is 2.43 bits per heavy atom. The van der Waals surface area contributed by atoms with Gasteiger partial charge < -0.3 is 5.11 Å². The first-order valence-corrected chi connectivity index (χ1v) is 12.9. The molecular formula is C27H44O3. The zero-order valence-corrected chi connectivity index (χ0v) is 20.0. The van der Waals surface area contributed by atoms with Gasteiger partial charge in [-0.25, -0.2) is 9.78 Å². The summed E-state index contributed by atoms with van der Waals surface area (Å²) in [5.74, 6) is 3.48. The van der Waals surface area contributed by atoms with Crippen LogP contribution in [0.5, 0.6) is 0 Å². The first-order valence-electron chi connectivity index (χ1n) is 12.9. The van der Waals surface area contributed by atoms with E-state index in [0.29, 0.717) is 23.7 Å². The maximum Gasteiger partial charge on any atom is 0.130 e. The van der Waals surface area contributed by atoms with Crippen molar-refractivity contribution in [2.75, 3.05) is 0 Å². The Hall–Kier alpha value is -0.380. The lowest BCUT2D eigenvalue weighted by Crippen LogP contribution is -2.73. The van der Waals surface area contributed by atoms with Gasteiger partial charge in [0.15, 0.2) is 0 Å². The van der Waals surface area contributed by atoms with Crippen molar-refractivity contribution in [1.82, 2.24) is 0 Å². The molecule has 2 aliphatic heterocycles. The molecule has 3 heteroatoms. The SMILES string of the molecule is CC(C)CCC[C@@H](C)C1CCC2[C@]1(C)CCC1[C@]23C=C[C@]2(C[C@@H](O)CC[C@]12C)OO3. The van der Waals surface area contributed by atoms with E-state index in [0.717, 1.165) is 30.6 Å². The predicted octanol–water partition coefficient (Wildman–Crippen LogP) is 6.45. The number of hydrogen-bond acceptors (Lipinski definition) is 3. The van der Waals surface area contributed by atoms with E-state index in [1.807, 2.05) is 0 Å². The summed E-state index contributed by atoms with van der Waals surface area (Å²) in [6.07, 6.45) is 16.4. The van der Waals surface area contributed by atoms with Crippen molar-refractivity contribution in [2.24, 2.45) is 40.4 Å². The third kappa shape index (κ3) is 2.73. The molecule has 1 saturated heterocycles. The summed E-state index contributed by atoms with van der Waals surface area (Å²) in [6, 6.07) is 0. The van der Waals surface area contributed by atoms with Crippen LogP contribution in [0.3, 0.4) is 0 Å². The van der Waals surface area contributed by atoms with Gasteiger partial charge in [-0.1, -0.05) is 60.0 Å². The molecule has 0 amide bonds. The maximum absolute atomic E-state index is 10.4. The Kier molecular flexibility index (Phi) is 5.05. The van der Waals surface area contributed by atoms with Gasteiger partial charge in [-0.3, -0.25) is 0 Å². The van der Waals surface area contributed by atoms with Crippen LogP contribution in [0.1, 0.15) is 98.8 Å². The molecular weight excluding hydrogens is 372 g/mol. The Labute approximate surface area is 183 Å². The minimum atomic E-state index is -0.424. The highest BCUT2D eigenvalue weighted by Crippen LogP contribution is 2.72. The lowest BCUT2D eigenvalue weighted by atomic mass is 9.42. The molecule has 170 valence electrons. The quantitative estimate of drug-likeness (QED) is 0.413. The van der Waals surface area contributed by atoms with E-state index in [1.165, 1.54) is 44.9 Å². The van der Waals surface area contributed by atoms with Gasteiger partial charge in [0.2, 0.25) is 0 Å². The summed E-state index contributed by atoms with van der Waals surface area (Å²) in [5, 5.41) is 10.4. The molecule has 0 aromatic heterocycles. The van der Waals surface area contributed by atoms with Crippen molar-refractivity contribution < 1.29 is 14.9 Å². The van der Waals surface area contributed by atoms with Crippen LogP contribution < -0.4 is 0 Å². The van der Waals surface area contributed by atoms with Crippen LogP contribution >= 0.6 is 0 Å². The second-order valence-electron chi connectivity index (χ2n) is 12.7. The highest BCUT2D eigenvalue weighted by Gasteiger charge is 2.74. The highest BCUT2D eigenvalue weighted by atomic mass is 17.2. The average molecular weight is 417 g/mol. The Bertz CT molecular complexity index is 702. The zero-order chi connectivity index (χ0) is 21.4. The number of rotatable bonds is 5. The lowest BCUT2D eigenvalue weighted by Gasteiger charge is -2.69. The summed E-state index contributed by atoms with van der Waals surface area (Å²) in [4.78, 5) is 12.8. The van der Waals surface area contributed by atoms with Crippen LogP contribution in [0.15, 0.2) is 12.2 Å². The summed E-state index contributed by atoms with van der Waals surface area (Å²) in [7, 11) is 0. The van der Waals surface area contributed by atoms with Crippen molar-refractivity contribution in [1.29, 1.82) is 0 Å². The summed E-state index contributed by atoms with van der Waals surface area (Å²) in [5.41, 5.74) is -0.240. The number of aliphatic hydroxyl groups excluding tert-OH is 1. The third-order valence-electron chi connectivity index (χ3n) is 10.8. The summed E-state index contributed by atoms with van der Waals surface area (Å²) >= 11 is 0. The molecule has 3 unspecified atom stereocenters. The number of aliphatic hydroxyl groups is 1. The van der Waals surface area contributed by atoms with Crippen molar-refractivity contribution in [3.8, 4) is 0 Å². The van der Waals surface area contributed by atoms with Gasteiger partial charge in [0, 0.05) is 23.7 Å². The summed E-state index contributed by atoms with van der Waals surface area (Å²) in [6.45, 7) is 12.2. The monoisotopic (exact) mass is 416 g/mol. The molecule has 9 atom stereocenters. The van der Waals surface area contributed by atoms with Crippen molar-refractivity contribution in [3.05, 3.63) is 12.2 Å². The second kappa shape index (κ2) is 7.06. The second-order valence-corrected chi connectivity index (χ2v) is 12.7. The molecule has 2 heterocycles. The van der Waals surface area contributed by atoms with Crippen molar-refractivity contribution >= 4 is 0 Å². The normalized spacial score (nSPS) is 52.8. The largest absolute Gasteiger partial charge is 0.393 e. The van der Waals surface area contributed by atoms with Crippen LogP contribution in [-0.4, -0.2) is 22.4 Å². The Morgan fingerprint density at radius 1 is 0.933 bits per heavy atom. The average Bonchev–Trinajstić information content (AvgIpc) is 3.05. The van der Waals surface area contributed by atoms with Gasteiger partial charge in [-0.05, 0) is 67.8 Å². The smallest absolute Gasteiger partial charge is 0.130 e. The minimum absolute atomic E-state index is 0.0848. The van der Waals surface area contributed by atoms with E-state index in [4.69, 9.17) is 9.78 Å². The number of hydrogen-bond donors (Lipinski definition) is 1. The van der Waals surface area contributed by atoms with Crippen molar-refractivity contribution in [3.63, 3.8) is 0 Å².